The Morgan fingerprint density at radius 1 is 1.14 bits per heavy atom. The van der Waals surface area contributed by atoms with Crippen LogP contribution in [0.2, 0.25) is 10.0 Å². The van der Waals surface area contributed by atoms with Gasteiger partial charge in [0.25, 0.3) is 0 Å². The van der Waals surface area contributed by atoms with Crippen molar-refractivity contribution in [2.75, 3.05) is 6.61 Å². The van der Waals surface area contributed by atoms with Gasteiger partial charge in [-0.05, 0) is 38.0 Å². The minimum Gasteiger partial charge on any atom is -0.487 e. The zero-order valence-corrected chi connectivity index (χ0v) is 17.6. The average molecular weight is 435 g/mol. The van der Waals surface area contributed by atoms with Crippen molar-refractivity contribution in [2.45, 2.75) is 33.3 Å². The Labute approximate surface area is 178 Å². The summed E-state index contributed by atoms with van der Waals surface area (Å²) in [4.78, 5) is 24.0. The molecule has 0 radical (unpaired) electrons. The van der Waals surface area contributed by atoms with Gasteiger partial charge in [-0.2, -0.15) is 0 Å². The number of esters is 1. The molecule has 1 aromatic heterocycles. The summed E-state index contributed by atoms with van der Waals surface area (Å²) in [5.41, 5.74) is 1.85. The van der Waals surface area contributed by atoms with E-state index in [-0.39, 0.29) is 25.4 Å². The Hall–Kier alpha value is -2.50. The van der Waals surface area contributed by atoms with Crippen LogP contribution < -0.4 is 10.4 Å². The number of carbonyl (C=O) groups is 1. The number of fused-ring (bicyclic) bond motifs is 1. The van der Waals surface area contributed by atoms with E-state index in [4.69, 9.17) is 37.1 Å². The third kappa shape index (κ3) is 4.92. The smallest absolute Gasteiger partial charge is 0.339 e. The molecule has 0 N–H and O–H groups in total. The van der Waals surface area contributed by atoms with Crippen LogP contribution in [0.4, 0.5) is 0 Å². The summed E-state index contributed by atoms with van der Waals surface area (Å²) in [6, 6.07) is 10.6. The number of hydrogen-bond acceptors (Lipinski definition) is 5. The van der Waals surface area contributed by atoms with E-state index in [0.717, 1.165) is 11.1 Å². The van der Waals surface area contributed by atoms with Gasteiger partial charge in [0.1, 0.15) is 17.9 Å². The average Bonchev–Trinajstić information content (AvgIpc) is 2.68. The fourth-order valence-corrected chi connectivity index (χ4v) is 3.43. The molecule has 3 aromatic rings. The maximum Gasteiger partial charge on any atom is 0.339 e. The molecular formula is C22H20Cl2O5. The Balaban J connectivity index is 1.88. The first-order chi connectivity index (χ1) is 13.9. The summed E-state index contributed by atoms with van der Waals surface area (Å²) in [6.07, 6.45) is 0.350. The largest absolute Gasteiger partial charge is 0.487 e. The van der Waals surface area contributed by atoms with Gasteiger partial charge < -0.3 is 13.9 Å². The minimum absolute atomic E-state index is 0.109. The number of rotatable bonds is 7. The molecule has 0 saturated heterocycles. The van der Waals surface area contributed by atoms with Gasteiger partial charge in [-0.3, -0.25) is 4.79 Å². The van der Waals surface area contributed by atoms with Crippen molar-refractivity contribution >= 4 is 40.1 Å². The molecule has 0 unspecified atom stereocenters. The van der Waals surface area contributed by atoms with E-state index in [1.807, 2.05) is 18.2 Å². The van der Waals surface area contributed by atoms with Crippen molar-refractivity contribution < 1.29 is 18.7 Å². The molecule has 152 valence electrons. The quantitative estimate of drug-likeness (QED) is 0.363. The van der Waals surface area contributed by atoms with E-state index in [0.29, 0.717) is 38.9 Å². The van der Waals surface area contributed by atoms with Gasteiger partial charge >= 0.3 is 11.6 Å². The lowest BCUT2D eigenvalue weighted by Gasteiger charge is -2.12. The van der Waals surface area contributed by atoms with Crippen LogP contribution in [0.5, 0.6) is 5.75 Å². The lowest BCUT2D eigenvalue weighted by atomic mass is 10.0. The van der Waals surface area contributed by atoms with E-state index in [2.05, 4.69) is 0 Å². The summed E-state index contributed by atoms with van der Waals surface area (Å²) in [6.45, 7) is 4.07. The predicted molar refractivity (Wildman–Crippen MR) is 113 cm³/mol. The first-order valence-corrected chi connectivity index (χ1v) is 9.94. The van der Waals surface area contributed by atoms with Gasteiger partial charge in [0.05, 0.1) is 11.6 Å². The van der Waals surface area contributed by atoms with E-state index < -0.39 is 5.63 Å². The second-order valence-corrected chi connectivity index (χ2v) is 7.27. The minimum atomic E-state index is -0.487. The van der Waals surface area contributed by atoms with Crippen LogP contribution in [-0.2, 0) is 22.6 Å². The molecule has 5 nitrogen and oxygen atoms in total. The first-order valence-electron chi connectivity index (χ1n) is 9.18. The summed E-state index contributed by atoms with van der Waals surface area (Å²) >= 11 is 12.5. The van der Waals surface area contributed by atoms with E-state index >= 15 is 0 Å². The fourth-order valence-electron chi connectivity index (χ4n) is 3.02. The van der Waals surface area contributed by atoms with E-state index in [1.54, 1.807) is 32.0 Å². The van der Waals surface area contributed by atoms with Crippen LogP contribution in [0.25, 0.3) is 11.0 Å². The predicted octanol–water partition coefficient (Wildman–Crippen LogP) is 5.48. The van der Waals surface area contributed by atoms with Crippen molar-refractivity contribution in [3.8, 4) is 5.75 Å². The molecule has 1 heterocycles. The standard InChI is InChI=1S/C22H20Cl2O5/c1-3-27-21(25)9-8-15-13(2)16-10-18(24)20(11-19(16)29-22(15)26)28-12-14-6-4-5-7-17(14)23/h4-7,10-11H,3,8-9,12H2,1-2H3. The highest BCUT2D eigenvalue weighted by Gasteiger charge is 2.16. The second kappa shape index (κ2) is 9.33. The lowest BCUT2D eigenvalue weighted by molar-refractivity contribution is -0.143. The number of hydrogen-bond donors (Lipinski definition) is 0. The number of carbonyl (C=O) groups excluding carboxylic acids is 1. The monoisotopic (exact) mass is 434 g/mol. The van der Waals surface area contributed by atoms with Gasteiger partial charge in [0.2, 0.25) is 0 Å². The molecule has 0 saturated carbocycles. The first kappa shape index (κ1) is 21.2. The normalized spacial score (nSPS) is 10.9. The topological polar surface area (TPSA) is 65.7 Å². The number of halogens is 2. The summed E-state index contributed by atoms with van der Waals surface area (Å²) in [7, 11) is 0. The number of benzene rings is 2. The zero-order valence-electron chi connectivity index (χ0n) is 16.1. The van der Waals surface area contributed by atoms with Gasteiger partial charge in [-0.1, -0.05) is 41.4 Å². The van der Waals surface area contributed by atoms with Crippen molar-refractivity contribution in [3.63, 3.8) is 0 Å². The van der Waals surface area contributed by atoms with Crippen LogP contribution in [-0.4, -0.2) is 12.6 Å². The van der Waals surface area contributed by atoms with Crippen molar-refractivity contribution in [2.24, 2.45) is 0 Å². The molecule has 0 spiro atoms. The fraction of sp³-hybridized carbons (Fsp3) is 0.273. The highest BCUT2D eigenvalue weighted by atomic mass is 35.5. The maximum absolute atomic E-state index is 12.4. The molecule has 0 aliphatic rings. The second-order valence-electron chi connectivity index (χ2n) is 6.46. The molecule has 7 heteroatoms. The highest BCUT2D eigenvalue weighted by Crippen LogP contribution is 2.33. The molecule has 3 rings (SSSR count). The van der Waals surface area contributed by atoms with Gasteiger partial charge in [0.15, 0.2) is 0 Å². The van der Waals surface area contributed by atoms with Crippen LogP contribution in [0.1, 0.15) is 30.0 Å². The molecule has 0 atom stereocenters. The van der Waals surface area contributed by atoms with E-state index in [9.17, 15) is 9.59 Å². The Morgan fingerprint density at radius 2 is 1.90 bits per heavy atom. The molecule has 0 aliphatic carbocycles. The van der Waals surface area contributed by atoms with Gasteiger partial charge in [-0.15, -0.1) is 0 Å². The number of aryl methyl sites for hydroxylation is 1. The van der Waals surface area contributed by atoms with Crippen molar-refractivity contribution in [1.82, 2.24) is 0 Å². The van der Waals surface area contributed by atoms with Crippen LogP contribution >= 0.6 is 23.2 Å². The molecular weight excluding hydrogens is 415 g/mol. The maximum atomic E-state index is 12.4. The van der Waals surface area contributed by atoms with Crippen molar-refractivity contribution in [1.29, 1.82) is 0 Å². The van der Waals surface area contributed by atoms with Crippen LogP contribution in [0.15, 0.2) is 45.6 Å². The Morgan fingerprint density at radius 3 is 2.62 bits per heavy atom. The van der Waals surface area contributed by atoms with E-state index in [1.165, 1.54) is 0 Å². The van der Waals surface area contributed by atoms with Crippen LogP contribution in [0, 0.1) is 6.92 Å². The number of ether oxygens (including phenoxy) is 2. The molecule has 0 amide bonds. The third-order valence-electron chi connectivity index (χ3n) is 4.57. The van der Waals surface area contributed by atoms with Gasteiger partial charge in [0, 0.05) is 34.0 Å². The SMILES string of the molecule is CCOC(=O)CCc1c(C)c2cc(Cl)c(OCc3ccccc3Cl)cc2oc1=O. The third-order valence-corrected chi connectivity index (χ3v) is 5.23. The van der Waals surface area contributed by atoms with Crippen LogP contribution in [0.3, 0.4) is 0 Å². The summed E-state index contributed by atoms with van der Waals surface area (Å²) in [5, 5.41) is 1.68. The summed E-state index contributed by atoms with van der Waals surface area (Å²) in [5.74, 6) is 0.0358. The Bertz CT molecular complexity index is 1100. The molecule has 0 aliphatic heterocycles. The lowest BCUT2D eigenvalue weighted by Crippen LogP contribution is -2.13. The highest BCUT2D eigenvalue weighted by molar-refractivity contribution is 6.33. The van der Waals surface area contributed by atoms with Gasteiger partial charge in [-0.25, -0.2) is 4.79 Å². The Kier molecular flexibility index (Phi) is 6.83. The zero-order chi connectivity index (χ0) is 21.0. The molecule has 2 aromatic carbocycles. The molecule has 0 fully saturated rings. The molecule has 0 bridgehead atoms. The van der Waals surface area contributed by atoms with Crippen molar-refractivity contribution in [3.05, 3.63) is 73.6 Å². The molecule has 29 heavy (non-hydrogen) atoms. The summed E-state index contributed by atoms with van der Waals surface area (Å²) < 4.78 is 16.2.